The molecule has 3 rings (SSSR count). The molecule has 0 saturated carbocycles. The minimum atomic E-state index is 0.503. The predicted molar refractivity (Wildman–Crippen MR) is 97.2 cm³/mol. The van der Waals surface area contributed by atoms with E-state index < -0.39 is 0 Å². The summed E-state index contributed by atoms with van der Waals surface area (Å²) in [5.41, 5.74) is 11.5. The maximum atomic E-state index is 9.49. The minimum Gasteiger partial charge on any atom is -0.496 e. The number of nitrogens with two attached hydrogens (primary N) is 1. The molecule has 5 heteroatoms. The number of anilines is 1. The van der Waals surface area contributed by atoms with Crippen LogP contribution in [0.3, 0.4) is 0 Å². The third-order valence-electron chi connectivity index (χ3n) is 4.67. The summed E-state index contributed by atoms with van der Waals surface area (Å²) in [5, 5.41) is 10.1. The quantitative estimate of drug-likeness (QED) is 0.861. The summed E-state index contributed by atoms with van der Waals surface area (Å²) in [7, 11) is 1.64. The molecule has 0 aromatic heterocycles. The second-order valence-corrected chi connectivity index (χ2v) is 6.35. The molecule has 2 N–H and O–H groups in total. The van der Waals surface area contributed by atoms with Crippen molar-refractivity contribution >= 4 is 17.3 Å². The summed E-state index contributed by atoms with van der Waals surface area (Å²) in [6.07, 6.45) is 0.893. The molecule has 0 unspecified atom stereocenters. The van der Waals surface area contributed by atoms with Crippen molar-refractivity contribution in [2.24, 2.45) is 0 Å². The normalized spacial score (nSPS) is 14.1. The molecular formula is C19H20ClN3O. The third-order valence-corrected chi connectivity index (χ3v) is 4.91. The van der Waals surface area contributed by atoms with Crippen LogP contribution in [-0.2, 0) is 13.0 Å². The summed E-state index contributed by atoms with van der Waals surface area (Å²) in [6.45, 7) is 4.84. The molecule has 0 aliphatic carbocycles. The minimum absolute atomic E-state index is 0.503. The predicted octanol–water partition coefficient (Wildman–Crippen LogP) is 3.85. The lowest BCUT2D eigenvalue weighted by molar-refractivity contribution is 0.269. The van der Waals surface area contributed by atoms with Crippen LogP contribution in [0, 0.1) is 11.3 Å². The lowest BCUT2D eigenvalue weighted by Gasteiger charge is -2.31. The maximum absolute atomic E-state index is 9.49. The monoisotopic (exact) mass is 341 g/mol. The highest BCUT2D eigenvalue weighted by Crippen LogP contribution is 2.40. The van der Waals surface area contributed by atoms with Crippen molar-refractivity contribution in [2.45, 2.75) is 19.9 Å². The van der Waals surface area contributed by atoms with E-state index in [1.807, 2.05) is 18.2 Å². The fourth-order valence-corrected chi connectivity index (χ4v) is 3.50. The van der Waals surface area contributed by atoms with Crippen LogP contribution in [-0.4, -0.2) is 25.1 Å². The van der Waals surface area contributed by atoms with E-state index in [1.165, 1.54) is 5.56 Å². The van der Waals surface area contributed by atoms with Gasteiger partial charge in [0.05, 0.1) is 18.4 Å². The van der Waals surface area contributed by atoms with Gasteiger partial charge in [0.2, 0.25) is 0 Å². The maximum Gasteiger partial charge on any atom is 0.126 e. The topological polar surface area (TPSA) is 62.3 Å². The van der Waals surface area contributed by atoms with E-state index in [4.69, 9.17) is 22.1 Å². The van der Waals surface area contributed by atoms with Gasteiger partial charge in [0.1, 0.15) is 11.8 Å². The van der Waals surface area contributed by atoms with Crippen molar-refractivity contribution in [1.29, 1.82) is 5.26 Å². The Morgan fingerprint density at radius 2 is 2.08 bits per heavy atom. The van der Waals surface area contributed by atoms with Crippen LogP contribution in [0.25, 0.3) is 11.1 Å². The fourth-order valence-electron chi connectivity index (χ4n) is 3.33. The summed E-state index contributed by atoms with van der Waals surface area (Å²) in [4.78, 5) is 2.33. The van der Waals surface area contributed by atoms with Gasteiger partial charge in [0.15, 0.2) is 0 Å². The van der Waals surface area contributed by atoms with Gasteiger partial charge in [-0.25, -0.2) is 0 Å². The van der Waals surface area contributed by atoms with Gasteiger partial charge in [0, 0.05) is 23.7 Å². The lowest BCUT2D eigenvalue weighted by atomic mass is 9.87. The number of methoxy groups -OCH3 is 1. The number of ether oxygens (including phenoxy) is 1. The van der Waals surface area contributed by atoms with E-state index >= 15 is 0 Å². The summed E-state index contributed by atoms with van der Waals surface area (Å²) >= 11 is 6.20. The summed E-state index contributed by atoms with van der Waals surface area (Å²) in [5.74, 6) is 0.744. The van der Waals surface area contributed by atoms with E-state index in [9.17, 15) is 5.26 Å². The molecule has 2 aromatic rings. The number of nitriles is 1. The Morgan fingerprint density at radius 3 is 2.75 bits per heavy atom. The van der Waals surface area contributed by atoms with E-state index in [1.54, 1.807) is 13.2 Å². The van der Waals surface area contributed by atoms with E-state index in [0.717, 1.165) is 48.5 Å². The second kappa shape index (κ2) is 6.72. The Bertz CT molecular complexity index is 826. The van der Waals surface area contributed by atoms with Crippen molar-refractivity contribution < 1.29 is 4.74 Å². The Labute approximate surface area is 147 Å². The van der Waals surface area contributed by atoms with Gasteiger partial charge in [-0.05, 0) is 53.9 Å². The summed E-state index contributed by atoms with van der Waals surface area (Å²) in [6, 6.07) is 9.63. The highest BCUT2D eigenvalue weighted by Gasteiger charge is 2.24. The van der Waals surface area contributed by atoms with Crippen LogP contribution in [0.4, 0.5) is 5.69 Å². The zero-order valence-electron chi connectivity index (χ0n) is 13.9. The fraction of sp³-hybridized carbons (Fsp3) is 0.316. The van der Waals surface area contributed by atoms with E-state index in [0.29, 0.717) is 16.3 Å². The van der Waals surface area contributed by atoms with Crippen LogP contribution in [0.15, 0.2) is 24.3 Å². The molecule has 0 bridgehead atoms. The zero-order chi connectivity index (χ0) is 17.3. The van der Waals surface area contributed by atoms with Gasteiger partial charge in [-0.2, -0.15) is 5.26 Å². The number of rotatable bonds is 3. The average molecular weight is 342 g/mol. The van der Waals surface area contributed by atoms with Crippen molar-refractivity contribution in [1.82, 2.24) is 4.90 Å². The third kappa shape index (κ3) is 2.82. The Morgan fingerprint density at radius 1 is 1.29 bits per heavy atom. The molecular weight excluding hydrogens is 322 g/mol. The van der Waals surface area contributed by atoms with Gasteiger partial charge < -0.3 is 10.5 Å². The first-order chi connectivity index (χ1) is 11.6. The molecule has 2 aromatic carbocycles. The standard InChI is InChI=1S/C19H20ClN3O/c1-3-23-7-6-14-15(8-12(10-21)19(22)17(14)11-23)16-9-13(20)4-5-18(16)24-2/h4-5,8-9H,3,6-7,11,22H2,1-2H3. The smallest absolute Gasteiger partial charge is 0.126 e. The molecule has 1 aliphatic heterocycles. The van der Waals surface area contributed by atoms with Crippen molar-refractivity contribution in [2.75, 3.05) is 25.9 Å². The first kappa shape index (κ1) is 16.6. The number of hydrogen-bond acceptors (Lipinski definition) is 4. The van der Waals surface area contributed by atoms with E-state index in [2.05, 4.69) is 17.9 Å². The molecule has 4 nitrogen and oxygen atoms in total. The van der Waals surface area contributed by atoms with Crippen LogP contribution >= 0.6 is 11.6 Å². The van der Waals surface area contributed by atoms with Gasteiger partial charge >= 0.3 is 0 Å². The van der Waals surface area contributed by atoms with Gasteiger partial charge in [-0.3, -0.25) is 4.90 Å². The van der Waals surface area contributed by atoms with Gasteiger partial charge in [-0.15, -0.1) is 0 Å². The van der Waals surface area contributed by atoms with Gasteiger partial charge in [-0.1, -0.05) is 18.5 Å². The number of fused-ring (bicyclic) bond motifs is 1. The zero-order valence-corrected chi connectivity index (χ0v) is 14.7. The Kier molecular flexibility index (Phi) is 4.66. The largest absolute Gasteiger partial charge is 0.496 e. The highest BCUT2D eigenvalue weighted by molar-refractivity contribution is 6.31. The highest BCUT2D eigenvalue weighted by atomic mass is 35.5. The summed E-state index contributed by atoms with van der Waals surface area (Å²) < 4.78 is 5.51. The number of likely N-dealkylation sites (N-methyl/N-ethyl adjacent to an activating group) is 1. The van der Waals surface area contributed by atoms with E-state index in [-0.39, 0.29) is 0 Å². The van der Waals surface area contributed by atoms with Crippen LogP contribution < -0.4 is 10.5 Å². The molecule has 0 amide bonds. The number of nitrogen functional groups attached to an aromatic ring is 1. The number of hydrogen-bond donors (Lipinski definition) is 1. The molecule has 0 saturated heterocycles. The van der Waals surface area contributed by atoms with Crippen molar-refractivity contribution in [3.05, 3.63) is 46.0 Å². The molecule has 0 spiro atoms. The number of benzene rings is 2. The molecule has 0 fully saturated rings. The Hall–Kier alpha value is -2.22. The first-order valence-electron chi connectivity index (χ1n) is 7.99. The second-order valence-electron chi connectivity index (χ2n) is 5.92. The molecule has 1 aliphatic rings. The number of halogens is 1. The van der Waals surface area contributed by atoms with Crippen LogP contribution in [0.1, 0.15) is 23.6 Å². The first-order valence-corrected chi connectivity index (χ1v) is 8.37. The average Bonchev–Trinajstić information content (AvgIpc) is 2.62. The molecule has 0 atom stereocenters. The molecule has 124 valence electrons. The SMILES string of the molecule is CCN1CCc2c(-c3cc(Cl)ccc3OC)cc(C#N)c(N)c2C1. The van der Waals surface area contributed by atoms with Crippen LogP contribution in [0.2, 0.25) is 5.02 Å². The van der Waals surface area contributed by atoms with Crippen molar-refractivity contribution in [3.8, 4) is 22.9 Å². The molecule has 0 radical (unpaired) electrons. The lowest BCUT2D eigenvalue weighted by Crippen LogP contribution is -2.31. The molecule has 1 heterocycles. The number of nitrogens with zero attached hydrogens (tertiary/aromatic N) is 2. The Balaban J connectivity index is 2.27. The van der Waals surface area contributed by atoms with Gasteiger partial charge in [0.25, 0.3) is 0 Å². The molecule has 24 heavy (non-hydrogen) atoms. The van der Waals surface area contributed by atoms with Crippen LogP contribution in [0.5, 0.6) is 5.75 Å². The van der Waals surface area contributed by atoms with Crippen molar-refractivity contribution in [3.63, 3.8) is 0 Å².